The lowest BCUT2D eigenvalue weighted by Gasteiger charge is -2.12. The maximum atomic E-state index is 11.3. The molecule has 1 aromatic heterocycles. The smallest absolute Gasteiger partial charge is 0.295 e. The number of pyridine rings is 1. The number of aliphatic hydroxyl groups is 1. The Balaban J connectivity index is 2.27. The summed E-state index contributed by atoms with van der Waals surface area (Å²) in [6.45, 7) is -0.0568. The minimum absolute atomic E-state index is 0.0568. The minimum Gasteiger partial charge on any atom is -0.381 e. The first-order valence-electron chi connectivity index (χ1n) is 6.87. The number of nitrogens with one attached hydrogen (secondary N) is 2. The Kier molecular flexibility index (Phi) is 5.21. The van der Waals surface area contributed by atoms with E-state index < -0.39 is 16.9 Å². The van der Waals surface area contributed by atoms with Gasteiger partial charge in [-0.15, -0.1) is 0 Å². The molecule has 0 bridgehead atoms. The van der Waals surface area contributed by atoms with E-state index in [9.17, 15) is 20.0 Å². The molecule has 0 aliphatic heterocycles. The maximum absolute atomic E-state index is 11.3. The fraction of sp³-hybridized carbons (Fsp3) is 0.200. The first-order chi connectivity index (χ1) is 11.0. The summed E-state index contributed by atoms with van der Waals surface area (Å²) in [6, 6.07) is 11.5. The van der Waals surface area contributed by atoms with E-state index >= 15 is 0 Å². The molecule has 0 saturated carbocycles. The Hall–Kier alpha value is -3.00. The minimum atomic E-state index is -1.24. The monoisotopic (exact) mass is 316 g/mol. The van der Waals surface area contributed by atoms with Gasteiger partial charge >= 0.3 is 0 Å². The van der Waals surface area contributed by atoms with Crippen LogP contribution >= 0.6 is 0 Å². The predicted octanol–water partition coefficient (Wildman–Crippen LogP) is 1.18. The molecule has 1 aromatic carbocycles. The number of aromatic nitrogens is 1. The first-order valence-corrected chi connectivity index (χ1v) is 6.87. The molecule has 8 heteroatoms. The Labute approximate surface area is 132 Å². The molecule has 0 fully saturated rings. The summed E-state index contributed by atoms with van der Waals surface area (Å²) in [5.74, 6) is -0.194. The zero-order valence-corrected chi connectivity index (χ0v) is 12.4. The third kappa shape index (κ3) is 4.01. The van der Waals surface area contributed by atoms with Gasteiger partial charge in [0.25, 0.3) is 5.69 Å². The van der Waals surface area contributed by atoms with Crippen LogP contribution in [0.2, 0.25) is 0 Å². The number of rotatable bonds is 6. The number of hydrogen-bond acceptors (Lipinski definition) is 6. The molecular formula is C15H16N4O4. The number of anilines is 1. The molecule has 2 rings (SSSR count). The van der Waals surface area contributed by atoms with Crippen molar-refractivity contribution in [3.8, 4) is 11.3 Å². The van der Waals surface area contributed by atoms with Gasteiger partial charge in [-0.1, -0.05) is 30.3 Å². The van der Waals surface area contributed by atoms with Crippen LogP contribution < -0.4 is 10.6 Å². The highest BCUT2D eigenvalue weighted by Crippen LogP contribution is 2.29. The van der Waals surface area contributed by atoms with Crippen molar-refractivity contribution in [1.29, 1.82) is 0 Å². The standard InChI is InChI=1S/C15H16N4O4/c1-16-15(21)12(20)9-17-13-8-7-11(19(22)23)14(18-13)10-5-3-2-4-6-10/h2-8,12,20H,9H2,1H3,(H,16,21)(H,17,18)/t12-/m1/s1. The van der Waals surface area contributed by atoms with Gasteiger partial charge in [0, 0.05) is 18.7 Å². The summed E-state index contributed by atoms with van der Waals surface area (Å²) in [6.07, 6.45) is -1.24. The number of benzene rings is 1. The summed E-state index contributed by atoms with van der Waals surface area (Å²) >= 11 is 0. The number of likely N-dealkylation sites (N-methyl/N-ethyl adjacent to an activating group) is 1. The zero-order chi connectivity index (χ0) is 16.8. The van der Waals surface area contributed by atoms with Crippen molar-refractivity contribution in [2.24, 2.45) is 0 Å². The van der Waals surface area contributed by atoms with Gasteiger partial charge in [0.05, 0.1) is 11.5 Å². The lowest BCUT2D eigenvalue weighted by Crippen LogP contribution is -2.36. The van der Waals surface area contributed by atoms with Crippen LogP contribution in [-0.4, -0.2) is 40.6 Å². The number of carbonyl (C=O) groups excluding carboxylic acids is 1. The van der Waals surface area contributed by atoms with E-state index in [1.807, 2.05) is 0 Å². The van der Waals surface area contributed by atoms with Gasteiger partial charge in [0.15, 0.2) is 5.69 Å². The molecule has 2 aromatic rings. The van der Waals surface area contributed by atoms with Crippen molar-refractivity contribution in [2.75, 3.05) is 18.9 Å². The van der Waals surface area contributed by atoms with Gasteiger partial charge in [0.2, 0.25) is 5.91 Å². The van der Waals surface area contributed by atoms with Gasteiger partial charge in [-0.05, 0) is 6.07 Å². The molecule has 1 amide bonds. The second-order valence-electron chi connectivity index (χ2n) is 4.70. The van der Waals surface area contributed by atoms with Crippen LogP contribution in [-0.2, 0) is 4.79 Å². The van der Waals surface area contributed by atoms with Gasteiger partial charge < -0.3 is 15.7 Å². The molecule has 23 heavy (non-hydrogen) atoms. The third-order valence-electron chi connectivity index (χ3n) is 3.14. The third-order valence-corrected chi connectivity index (χ3v) is 3.14. The fourth-order valence-electron chi connectivity index (χ4n) is 1.97. The Morgan fingerprint density at radius 3 is 2.61 bits per heavy atom. The van der Waals surface area contributed by atoms with E-state index in [1.165, 1.54) is 19.2 Å². The SMILES string of the molecule is CNC(=O)[C@H](O)CNc1ccc([N+](=O)[O-])c(-c2ccccc2)n1. The van der Waals surface area contributed by atoms with Crippen LogP contribution in [0.1, 0.15) is 0 Å². The molecule has 3 N–H and O–H groups in total. The molecule has 8 nitrogen and oxygen atoms in total. The summed E-state index contributed by atoms with van der Waals surface area (Å²) in [4.78, 5) is 26.1. The largest absolute Gasteiger partial charge is 0.381 e. The maximum Gasteiger partial charge on any atom is 0.295 e. The lowest BCUT2D eigenvalue weighted by atomic mass is 10.1. The molecule has 0 radical (unpaired) electrons. The van der Waals surface area contributed by atoms with Crippen LogP contribution in [0.5, 0.6) is 0 Å². The van der Waals surface area contributed by atoms with Gasteiger partial charge in [-0.25, -0.2) is 4.98 Å². The van der Waals surface area contributed by atoms with Crippen molar-refractivity contribution < 1.29 is 14.8 Å². The van der Waals surface area contributed by atoms with Gasteiger partial charge in [-0.2, -0.15) is 0 Å². The lowest BCUT2D eigenvalue weighted by molar-refractivity contribution is -0.384. The van der Waals surface area contributed by atoms with Gasteiger partial charge in [0.1, 0.15) is 11.9 Å². The summed E-state index contributed by atoms with van der Waals surface area (Å²) in [7, 11) is 1.42. The molecule has 1 heterocycles. The topological polar surface area (TPSA) is 117 Å². The molecular weight excluding hydrogens is 300 g/mol. The zero-order valence-electron chi connectivity index (χ0n) is 12.4. The summed E-state index contributed by atoms with van der Waals surface area (Å²) in [5.41, 5.74) is 0.707. The predicted molar refractivity (Wildman–Crippen MR) is 84.9 cm³/mol. The highest BCUT2D eigenvalue weighted by atomic mass is 16.6. The number of carbonyl (C=O) groups is 1. The molecule has 0 unspecified atom stereocenters. The Bertz CT molecular complexity index is 706. The second-order valence-corrected chi connectivity index (χ2v) is 4.70. The average Bonchev–Trinajstić information content (AvgIpc) is 2.59. The van der Waals surface area contributed by atoms with Crippen molar-refractivity contribution in [1.82, 2.24) is 10.3 Å². The van der Waals surface area contributed by atoms with E-state index in [0.717, 1.165) is 0 Å². The molecule has 0 saturated heterocycles. The van der Waals surface area contributed by atoms with Gasteiger partial charge in [-0.3, -0.25) is 14.9 Å². The fourth-order valence-corrected chi connectivity index (χ4v) is 1.97. The van der Waals surface area contributed by atoms with Crippen LogP contribution in [0.15, 0.2) is 42.5 Å². The van der Waals surface area contributed by atoms with Crippen molar-refractivity contribution in [3.05, 3.63) is 52.6 Å². The van der Waals surface area contributed by atoms with Crippen LogP contribution in [0.4, 0.5) is 11.5 Å². The van der Waals surface area contributed by atoms with Crippen LogP contribution in [0, 0.1) is 10.1 Å². The molecule has 120 valence electrons. The van der Waals surface area contributed by atoms with Crippen molar-refractivity contribution in [3.63, 3.8) is 0 Å². The van der Waals surface area contributed by atoms with E-state index in [1.54, 1.807) is 30.3 Å². The average molecular weight is 316 g/mol. The highest BCUT2D eigenvalue weighted by molar-refractivity contribution is 5.80. The number of nitrogens with zero attached hydrogens (tertiary/aromatic N) is 2. The summed E-state index contributed by atoms with van der Waals surface area (Å²) < 4.78 is 0. The van der Waals surface area contributed by atoms with Crippen molar-refractivity contribution in [2.45, 2.75) is 6.10 Å². The van der Waals surface area contributed by atoms with Crippen LogP contribution in [0.25, 0.3) is 11.3 Å². The van der Waals surface area contributed by atoms with Crippen LogP contribution in [0.3, 0.4) is 0 Å². The quantitative estimate of drug-likeness (QED) is 0.544. The molecule has 0 spiro atoms. The normalized spacial score (nSPS) is 11.6. The molecule has 0 aliphatic rings. The number of nitro groups is 1. The summed E-state index contributed by atoms with van der Waals surface area (Å²) in [5, 5.41) is 25.9. The second kappa shape index (κ2) is 7.32. The van der Waals surface area contributed by atoms with Crippen molar-refractivity contribution >= 4 is 17.4 Å². The van der Waals surface area contributed by atoms with E-state index in [4.69, 9.17) is 0 Å². The van der Waals surface area contributed by atoms with E-state index in [2.05, 4.69) is 15.6 Å². The van der Waals surface area contributed by atoms with E-state index in [-0.39, 0.29) is 17.9 Å². The molecule has 1 atom stereocenters. The Morgan fingerprint density at radius 2 is 2.00 bits per heavy atom. The van der Waals surface area contributed by atoms with E-state index in [0.29, 0.717) is 11.4 Å². The molecule has 0 aliphatic carbocycles. The Morgan fingerprint density at radius 1 is 1.30 bits per heavy atom. The highest BCUT2D eigenvalue weighted by Gasteiger charge is 2.18. The number of aliphatic hydroxyl groups excluding tert-OH is 1. The first kappa shape index (κ1) is 16.4. The number of hydrogen-bond donors (Lipinski definition) is 3. The number of amides is 1.